The first kappa shape index (κ1) is 34.9. The molecular formula is C31H42F3N5O5. The summed E-state index contributed by atoms with van der Waals surface area (Å²) in [4.78, 5) is 41.9. The fourth-order valence-corrected chi connectivity index (χ4v) is 5.10. The Kier molecular flexibility index (Phi) is 11.1. The molecule has 4 unspecified atom stereocenters. The molecule has 1 saturated heterocycles. The molecule has 5 atom stereocenters. The zero-order valence-corrected chi connectivity index (χ0v) is 25.8. The molecule has 1 fully saturated rings. The maximum atomic E-state index is 14.5. The van der Waals surface area contributed by atoms with Gasteiger partial charge in [-0.1, -0.05) is 58.0 Å². The predicted molar refractivity (Wildman–Crippen MR) is 160 cm³/mol. The fourth-order valence-electron chi connectivity index (χ4n) is 5.10. The Morgan fingerprint density at radius 1 is 1.11 bits per heavy atom. The molecule has 0 saturated carbocycles. The van der Waals surface area contributed by atoms with Crippen LogP contribution in [0.1, 0.15) is 71.7 Å². The molecule has 13 heteroatoms. The van der Waals surface area contributed by atoms with Crippen molar-refractivity contribution >= 4 is 34.8 Å². The smallest absolute Gasteiger partial charge is 0.404 e. The molecule has 10 nitrogen and oxygen atoms in total. The Hall–Kier alpha value is -3.55. The van der Waals surface area contributed by atoms with E-state index in [2.05, 4.69) is 21.0 Å². The Morgan fingerprint density at radius 2 is 1.77 bits per heavy atom. The van der Waals surface area contributed by atoms with Crippen molar-refractivity contribution in [1.82, 2.24) is 26.1 Å². The molecule has 3 rings (SSSR count). The number of carbonyl (C=O) groups is 3. The SMILES string of the molecule is CC(NC(=O)C(NC(C(F)(F)F)C(C)(C)/C=C/c1ccc2ccc(C(C)O)nc2c1)C(C)C)C(=O)N1CCC[C@@H](C(=O)O)N1. The quantitative estimate of drug-likeness (QED) is 0.254. The normalized spacial score (nSPS) is 19.2. The lowest BCUT2D eigenvalue weighted by Gasteiger charge is -2.38. The standard InChI is InChI=1S/C31H42F3N5O5/c1-17(2)25(26(41)35-18(3)27(42)39-15-7-8-23(38-39)28(43)44)37-29(31(32,33)34)30(5,6)14-13-20-9-10-21-11-12-22(19(4)40)36-24(21)16-20/h9-14,16-19,23,25,29,37-38,40H,7-8,15H2,1-6H3,(H,35,41)(H,43,44)/b14-13+/t18?,19?,23-,25?,29?/m0/s1. The number of fused-ring (bicyclic) bond motifs is 1. The van der Waals surface area contributed by atoms with E-state index in [0.717, 1.165) is 10.4 Å². The number of aliphatic hydroxyl groups excluding tert-OH is 1. The van der Waals surface area contributed by atoms with Gasteiger partial charge in [0.05, 0.1) is 23.4 Å². The maximum absolute atomic E-state index is 14.5. The number of rotatable bonds is 11. The molecule has 0 radical (unpaired) electrons. The highest BCUT2D eigenvalue weighted by Crippen LogP contribution is 2.36. The van der Waals surface area contributed by atoms with Crippen molar-refractivity contribution < 1.29 is 37.8 Å². The van der Waals surface area contributed by atoms with Gasteiger partial charge in [-0.2, -0.15) is 13.2 Å². The molecular weight excluding hydrogens is 579 g/mol. The summed E-state index contributed by atoms with van der Waals surface area (Å²) in [5.74, 6) is -3.05. The Labute approximate surface area is 255 Å². The molecule has 2 aromatic rings. The van der Waals surface area contributed by atoms with Crippen molar-refractivity contribution in [3.8, 4) is 0 Å². The number of halogens is 3. The molecule has 2 heterocycles. The lowest BCUT2D eigenvalue weighted by Crippen LogP contribution is -2.63. The zero-order chi connectivity index (χ0) is 33.0. The van der Waals surface area contributed by atoms with E-state index in [4.69, 9.17) is 0 Å². The van der Waals surface area contributed by atoms with Crippen LogP contribution < -0.4 is 16.1 Å². The minimum Gasteiger partial charge on any atom is -0.480 e. The summed E-state index contributed by atoms with van der Waals surface area (Å²) >= 11 is 0. The monoisotopic (exact) mass is 621 g/mol. The number of aromatic nitrogens is 1. The number of hydrogen-bond acceptors (Lipinski definition) is 7. The third-order valence-electron chi connectivity index (χ3n) is 7.72. The lowest BCUT2D eigenvalue weighted by molar-refractivity contribution is -0.177. The van der Waals surface area contributed by atoms with Crippen molar-refractivity contribution in [2.45, 2.75) is 90.8 Å². The first-order valence-electron chi connectivity index (χ1n) is 14.6. The van der Waals surface area contributed by atoms with Gasteiger partial charge in [0.15, 0.2) is 0 Å². The lowest BCUT2D eigenvalue weighted by atomic mass is 9.82. The van der Waals surface area contributed by atoms with Crippen molar-refractivity contribution in [2.75, 3.05) is 6.54 Å². The Bertz CT molecular complexity index is 1380. The molecule has 0 aliphatic carbocycles. The van der Waals surface area contributed by atoms with Crippen molar-refractivity contribution in [2.24, 2.45) is 11.3 Å². The second kappa shape index (κ2) is 14.0. The summed E-state index contributed by atoms with van der Waals surface area (Å²) in [6.45, 7) is 9.28. The van der Waals surface area contributed by atoms with Crippen LogP contribution in [-0.4, -0.2) is 74.9 Å². The summed E-state index contributed by atoms with van der Waals surface area (Å²) < 4.78 is 43.5. The van der Waals surface area contributed by atoms with E-state index >= 15 is 0 Å². The average Bonchev–Trinajstić information content (AvgIpc) is 2.94. The van der Waals surface area contributed by atoms with E-state index < -0.39 is 65.6 Å². The first-order chi connectivity index (χ1) is 20.4. The van der Waals surface area contributed by atoms with Gasteiger partial charge < -0.3 is 15.5 Å². The second-order valence-corrected chi connectivity index (χ2v) is 12.3. The highest BCUT2D eigenvalue weighted by Gasteiger charge is 2.49. The van der Waals surface area contributed by atoms with Crippen LogP contribution in [0.5, 0.6) is 0 Å². The van der Waals surface area contributed by atoms with E-state index in [-0.39, 0.29) is 6.54 Å². The number of hydrogen-bond donors (Lipinski definition) is 5. The van der Waals surface area contributed by atoms with Gasteiger partial charge in [-0.05, 0) is 50.3 Å². The molecule has 44 heavy (non-hydrogen) atoms. The topological polar surface area (TPSA) is 144 Å². The van der Waals surface area contributed by atoms with Gasteiger partial charge in [-0.15, -0.1) is 0 Å². The van der Waals surface area contributed by atoms with Crippen molar-refractivity contribution in [3.05, 3.63) is 47.7 Å². The van der Waals surface area contributed by atoms with Crippen LogP contribution in [0.3, 0.4) is 0 Å². The highest BCUT2D eigenvalue weighted by atomic mass is 19.4. The van der Waals surface area contributed by atoms with Gasteiger partial charge in [0.2, 0.25) is 5.91 Å². The molecule has 1 aromatic heterocycles. The van der Waals surface area contributed by atoms with Crippen molar-refractivity contribution in [1.29, 1.82) is 0 Å². The van der Waals surface area contributed by atoms with Gasteiger partial charge in [0.1, 0.15) is 18.1 Å². The number of carboxylic acids is 1. The number of hydrazine groups is 1. The zero-order valence-electron chi connectivity index (χ0n) is 25.8. The number of alkyl halides is 3. The molecule has 0 spiro atoms. The molecule has 242 valence electrons. The van der Waals surface area contributed by atoms with Crippen LogP contribution in [0.4, 0.5) is 13.2 Å². The summed E-state index contributed by atoms with van der Waals surface area (Å²) in [6, 6.07) is 3.31. The van der Waals surface area contributed by atoms with E-state index in [9.17, 15) is 37.8 Å². The number of carboxylic acid groups (broad SMARTS) is 1. The van der Waals surface area contributed by atoms with Crippen LogP contribution in [0.25, 0.3) is 17.0 Å². The molecule has 0 bridgehead atoms. The number of aliphatic hydroxyl groups is 1. The Balaban J connectivity index is 1.78. The summed E-state index contributed by atoms with van der Waals surface area (Å²) in [5.41, 5.74) is 2.79. The number of amides is 2. The molecule has 1 aromatic carbocycles. The van der Waals surface area contributed by atoms with Crippen LogP contribution in [0, 0.1) is 11.3 Å². The number of nitrogens with one attached hydrogen (secondary N) is 3. The van der Waals surface area contributed by atoms with E-state index in [1.165, 1.54) is 26.8 Å². The maximum Gasteiger partial charge on any atom is 0.404 e. The minimum atomic E-state index is -4.73. The van der Waals surface area contributed by atoms with Gasteiger partial charge >= 0.3 is 12.1 Å². The number of carbonyl (C=O) groups excluding carboxylic acids is 2. The van der Waals surface area contributed by atoms with Crippen molar-refractivity contribution in [3.63, 3.8) is 0 Å². The first-order valence-corrected chi connectivity index (χ1v) is 14.6. The third kappa shape index (κ3) is 8.76. The summed E-state index contributed by atoms with van der Waals surface area (Å²) in [6.07, 6.45) is -1.72. The number of pyridine rings is 1. The van der Waals surface area contributed by atoms with Gasteiger partial charge in [-0.3, -0.25) is 29.7 Å². The van der Waals surface area contributed by atoms with Gasteiger partial charge in [0.25, 0.3) is 5.91 Å². The number of nitrogens with zero attached hydrogens (tertiary/aromatic N) is 2. The van der Waals surface area contributed by atoms with Crippen LogP contribution in [0.2, 0.25) is 0 Å². The van der Waals surface area contributed by atoms with E-state index in [0.29, 0.717) is 29.6 Å². The van der Waals surface area contributed by atoms with Crippen LogP contribution >= 0.6 is 0 Å². The Morgan fingerprint density at radius 3 is 2.36 bits per heavy atom. The average molecular weight is 622 g/mol. The van der Waals surface area contributed by atoms with Gasteiger partial charge in [0, 0.05) is 17.3 Å². The van der Waals surface area contributed by atoms with E-state index in [1.54, 1.807) is 51.1 Å². The highest BCUT2D eigenvalue weighted by molar-refractivity contribution is 5.90. The van der Waals surface area contributed by atoms with Crippen LogP contribution in [0.15, 0.2) is 36.4 Å². The molecule has 5 N–H and O–H groups in total. The molecule has 1 aliphatic rings. The number of aliphatic carboxylic acids is 1. The fraction of sp³-hybridized carbons (Fsp3) is 0.548. The second-order valence-electron chi connectivity index (χ2n) is 12.3. The summed E-state index contributed by atoms with van der Waals surface area (Å²) in [5, 5.41) is 26.1. The summed E-state index contributed by atoms with van der Waals surface area (Å²) in [7, 11) is 0. The minimum absolute atomic E-state index is 0.236. The predicted octanol–water partition coefficient (Wildman–Crippen LogP) is 3.96. The van der Waals surface area contributed by atoms with Crippen LogP contribution in [-0.2, 0) is 14.4 Å². The van der Waals surface area contributed by atoms with Gasteiger partial charge in [-0.25, -0.2) is 5.43 Å². The molecule has 1 aliphatic heterocycles. The third-order valence-corrected chi connectivity index (χ3v) is 7.72. The van der Waals surface area contributed by atoms with E-state index in [1.807, 2.05) is 6.07 Å². The number of benzene rings is 1. The molecule has 2 amide bonds. The largest absolute Gasteiger partial charge is 0.480 e.